The predicted octanol–water partition coefficient (Wildman–Crippen LogP) is 1.81. The largest absolute Gasteiger partial charge is 0.422 e. The van der Waals surface area contributed by atoms with Gasteiger partial charge in [-0.25, -0.2) is 0 Å². The molecule has 2 nitrogen and oxygen atoms in total. The van der Waals surface area contributed by atoms with Crippen molar-refractivity contribution in [2.45, 2.75) is 26.4 Å². The molecule has 0 spiro atoms. The van der Waals surface area contributed by atoms with E-state index in [9.17, 15) is 0 Å². The summed E-state index contributed by atoms with van der Waals surface area (Å²) in [6.45, 7) is 6.41. The lowest BCUT2D eigenvalue weighted by Gasteiger charge is -2.25. The van der Waals surface area contributed by atoms with E-state index in [0.717, 1.165) is 20.8 Å². The summed E-state index contributed by atoms with van der Waals surface area (Å²) in [4.78, 5) is 2.42. The predicted molar refractivity (Wildman–Crippen MR) is 63.7 cm³/mol. The van der Waals surface area contributed by atoms with Crippen LogP contribution in [0, 0.1) is 5.92 Å². The lowest BCUT2D eigenvalue weighted by Crippen LogP contribution is -2.35. The second-order valence-corrected chi connectivity index (χ2v) is 4.54. The monoisotopic (exact) mass is 203 g/mol. The Morgan fingerprint density at radius 2 is 2.13 bits per heavy atom. The van der Waals surface area contributed by atoms with Crippen LogP contribution in [-0.4, -0.2) is 25.1 Å². The molecule has 1 heterocycles. The summed E-state index contributed by atoms with van der Waals surface area (Å²) in [6, 6.07) is 11.2. The van der Waals surface area contributed by atoms with E-state index in [-0.39, 0.29) is 0 Å². The zero-order chi connectivity index (χ0) is 10.7. The van der Waals surface area contributed by atoms with E-state index in [4.69, 9.17) is 4.65 Å². The second-order valence-electron chi connectivity index (χ2n) is 4.54. The van der Waals surface area contributed by atoms with Crippen LogP contribution in [0.2, 0.25) is 0 Å². The Hall–Kier alpha value is -0.795. The van der Waals surface area contributed by atoms with Crippen molar-refractivity contribution in [3.63, 3.8) is 0 Å². The van der Waals surface area contributed by atoms with Gasteiger partial charge in [-0.2, -0.15) is 0 Å². The molecule has 15 heavy (non-hydrogen) atoms. The maximum Gasteiger partial charge on any atom is 0.364 e. The molecule has 0 saturated carbocycles. The molecule has 0 bridgehead atoms. The van der Waals surface area contributed by atoms with E-state index in [1.807, 2.05) is 0 Å². The van der Waals surface area contributed by atoms with E-state index in [1.54, 1.807) is 0 Å². The first kappa shape index (κ1) is 10.7. The molecule has 2 rings (SSSR count). The molecule has 3 heteroatoms. The summed E-state index contributed by atoms with van der Waals surface area (Å²) in [5, 5.41) is 0. The Morgan fingerprint density at radius 1 is 1.40 bits per heavy atom. The summed E-state index contributed by atoms with van der Waals surface area (Å²) in [5.74, 6) is 0.663. The van der Waals surface area contributed by atoms with Gasteiger partial charge in [-0.1, -0.05) is 44.2 Å². The highest BCUT2D eigenvalue weighted by Gasteiger charge is 2.28. The third kappa shape index (κ3) is 2.61. The molecule has 1 atom stereocenters. The lowest BCUT2D eigenvalue weighted by molar-refractivity contribution is 0.250. The Labute approximate surface area is 92.5 Å². The zero-order valence-electron chi connectivity index (χ0n) is 9.52. The van der Waals surface area contributed by atoms with E-state index in [1.165, 1.54) is 5.56 Å². The highest BCUT2D eigenvalue weighted by molar-refractivity contribution is 6.24. The first-order valence-corrected chi connectivity index (χ1v) is 5.63. The van der Waals surface area contributed by atoms with Crippen LogP contribution < -0.4 is 0 Å². The minimum Gasteiger partial charge on any atom is -0.422 e. The second kappa shape index (κ2) is 4.82. The van der Waals surface area contributed by atoms with E-state index >= 15 is 0 Å². The first-order valence-electron chi connectivity index (χ1n) is 5.63. The minimum atomic E-state index is 0.574. The SMILES string of the molecule is CC(C)C1COBN1Cc1ccccc1. The lowest BCUT2D eigenvalue weighted by atomic mass is 10.00. The average molecular weight is 203 g/mol. The van der Waals surface area contributed by atoms with Gasteiger partial charge < -0.3 is 9.47 Å². The van der Waals surface area contributed by atoms with Gasteiger partial charge in [0, 0.05) is 19.2 Å². The van der Waals surface area contributed by atoms with Crippen molar-refractivity contribution in [3.05, 3.63) is 35.9 Å². The summed E-state index contributed by atoms with van der Waals surface area (Å²) in [5.41, 5.74) is 1.37. The van der Waals surface area contributed by atoms with Crippen LogP contribution in [0.3, 0.4) is 0 Å². The molecule has 0 aliphatic carbocycles. The molecule has 1 fully saturated rings. The molecule has 0 aromatic heterocycles. The quantitative estimate of drug-likeness (QED) is 0.694. The van der Waals surface area contributed by atoms with Crippen molar-refractivity contribution in [1.82, 2.24) is 4.81 Å². The average Bonchev–Trinajstić information content (AvgIpc) is 2.67. The van der Waals surface area contributed by atoms with E-state index < -0.39 is 0 Å². The maximum absolute atomic E-state index is 5.53. The number of hydrogen-bond donors (Lipinski definition) is 0. The minimum absolute atomic E-state index is 0.574. The molecule has 1 unspecified atom stereocenters. The van der Waals surface area contributed by atoms with Crippen LogP contribution in [-0.2, 0) is 11.2 Å². The summed E-state index contributed by atoms with van der Waals surface area (Å²) < 4.78 is 5.53. The van der Waals surface area contributed by atoms with Crippen molar-refractivity contribution in [1.29, 1.82) is 0 Å². The zero-order valence-corrected chi connectivity index (χ0v) is 9.52. The molecule has 1 aromatic carbocycles. The Balaban J connectivity index is 2.00. The fourth-order valence-corrected chi connectivity index (χ4v) is 2.09. The van der Waals surface area contributed by atoms with Crippen LogP contribution in [0.1, 0.15) is 19.4 Å². The van der Waals surface area contributed by atoms with Crippen molar-refractivity contribution in [3.8, 4) is 0 Å². The highest BCUT2D eigenvalue weighted by atomic mass is 16.4. The van der Waals surface area contributed by atoms with Gasteiger partial charge in [0.25, 0.3) is 0 Å². The molecule has 0 N–H and O–H groups in total. The van der Waals surface area contributed by atoms with Gasteiger partial charge in [-0.05, 0) is 11.5 Å². The van der Waals surface area contributed by atoms with E-state index in [2.05, 4.69) is 49.0 Å². The molecular formula is C12H18BNO. The van der Waals surface area contributed by atoms with Gasteiger partial charge in [-0.3, -0.25) is 0 Å². The number of benzene rings is 1. The van der Waals surface area contributed by atoms with Crippen LogP contribution in [0.25, 0.3) is 0 Å². The standard InChI is InChI=1S/C12H18BNO/c1-10(2)12-9-15-13-14(12)8-11-6-4-3-5-7-11/h3-7,10,12-13H,8-9H2,1-2H3. The van der Waals surface area contributed by atoms with E-state index in [0.29, 0.717) is 12.0 Å². The molecule has 1 aliphatic rings. The fraction of sp³-hybridized carbons (Fsp3) is 0.500. The fourth-order valence-electron chi connectivity index (χ4n) is 2.09. The maximum atomic E-state index is 5.53. The molecule has 80 valence electrons. The van der Waals surface area contributed by atoms with Gasteiger partial charge in [0.1, 0.15) is 0 Å². The van der Waals surface area contributed by atoms with Gasteiger partial charge in [0.05, 0.1) is 0 Å². The van der Waals surface area contributed by atoms with Gasteiger partial charge in [0.15, 0.2) is 0 Å². The van der Waals surface area contributed by atoms with Crippen LogP contribution in [0.4, 0.5) is 0 Å². The van der Waals surface area contributed by atoms with Crippen molar-refractivity contribution in [2.24, 2.45) is 5.92 Å². The van der Waals surface area contributed by atoms with Gasteiger partial charge in [-0.15, -0.1) is 0 Å². The van der Waals surface area contributed by atoms with Crippen LogP contribution >= 0.6 is 0 Å². The topological polar surface area (TPSA) is 12.5 Å². The summed E-state index contributed by atoms with van der Waals surface area (Å²) >= 11 is 0. The highest BCUT2D eigenvalue weighted by Crippen LogP contribution is 2.18. The number of rotatable bonds is 3. The van der Waals surface area contributed by atoms with Crippen molar-refractivity contribution < 1.29 is 4.65 Å². The Bertz CT molecular complexity index is 302. The third-order valence-corrected chi connectivity index (χ3v) is 3.01. The molecule has 0 amide bonds. The smallest absolute Gasteiger partial charge is 0.364 e. The van der Waals surface area contributed by atoms with Gasteiger partial charge >= 0.3 is 7.62 Å². The summed E-state index contributed by atoms with van der Waals surface area (Å²) in [7, 11) is 0.776. The molecule has 1 aromatic rings. The third-order valence-electron chi connectivity index (χ3n) is 3.01. The van der Waals surface area contributed by atoms with Crippen molar-refractivity contribution in [2.75, 3.05) is 6.61 Å². The van der Waals surface area contributed by atoms with Crippen LogP contribution in [0.5, 0.6) is 0 Å². The first-order chi connectivity index (χ1) is 7.27. The normalized spacial score (nSPS) is 21.9. The molecule has 1 saturated heterocycles. The Morgan fingerprint density at radius 3 is 2.80 bits per heavy atom. The van der Waals surface area contributed by atoms with Crippen LogP contribution in [0.15, 0.2) is 30.3 Å². The molecule has 1 aliphatic heterocycles. The van der Waals surface area contributed by atoms with Crippen molar-refractivity contribution >= 4 is 7.62 Å². The number of nitrogens with zero attached hydrogens (tertiary/aromatic N) is 1. The summed E-state index contributed by atoms with van der Waals surface area (Å²) in [6.07, 6.45) is 0. The molecule has 0 radical (unpaired) electrons. The van der Waals surface area contributed by atoms with Gasteiger partial charge in [0.2, 0.25) is 0 Å². The number of hydrogen-bond acceptors (Lipinski definition) is 2. The Kier molecular flexibility index (Phi) is 3.44. The molecular weight excluding hydrogens is 185 g/mol.